The summed E-state index contributed by atoms with van der Waals surface area (Å²) >= 11 is 0. The number of aliphatic hydroxyl groups excluding tert-OH is 1. The third-order valence-corrected chi connectivity index (χ3v) is 4.43. The van der Waals surface area contributed by atoms with Gasteiger partial charge in [0.2, 0.25) is 10.0 Å². The summed E-state index contributed by atoms with van der Waals surface area (Å²) in [5, 5.41) is 12.7. The molecule has 0 heterocycles. The van der Waals surface area contributed by atoms with Crippen molar-refractivity contribution in [3.8, 4) is 0 Å². The third kappa shape index (κ3) is 5.33. The van der Waals surface area contributed by atoms with Crippen molar-refractivity contribution in [3.63, 3.8) is 0 Å². The second-order valence-electron chi connectivity index (χ2n) is 6.01. The van der Waals surface area contributed by atoms with Gasteiger partial charge in [0.05, 0.1) is 12.9 Å². The fourth-order valence-corrected chi connectivity index (χ4v) is 3.17. The average Bonchev–Trinajstić information content (AvgIpc) is 2.53. The van der Waals surface area contributed by atoms with Crippen LogP contribution < -0.4 is 10.0 Å². The third-order valence-electron chi connectivity index (χ3n) is 3.82. The predicted octanol–water partition coefficient (Wildman–Crippen LogP) is 2.96. The smallest absolute Gasteiger partial charge is 0.229 e. The summed E-state index contributed by atoms with van der Waals surface area (Å²) in [6.07, 6.45) is 1.14. The molecule has 2 aromatic carbocycles. The summed E-state index contributed by atoms with van der Waals surface area (Å²) in [7, 11) is -3.29. The van der Waals surface area contributed by atoms with Crippen LogP contribution in [0, 0.1) is 0 Å². The molecule has 0 aliphatic carbocycles. The van der Waals surface area contributed by atoms with Crippen molar-refractivity contribution in [1.29, 1.82) is 0 Å². The van der Waals surface area contributed by atoms with Gasteiger partial charge in [0.15, 0.2) is 0 Å². The maximum absolute atomic E-state index is 11.4. The van der Waals surface area contributed by atoms with Gasteiger partial charge in [-0.05, 0) is 42.7 Å². The van der Waals surface area contributed by atoms with Crippen LogP contribution in [-0.4, -0.2) is 19.8 Å². The molecule has 2 atom stereocenters. The van der Waals surface area contributed by atoms with Crippen molar-refractivity contribution in [3.05, 3.63) is 65.2 Å². The molecule has 0 aromatic heterocycles. The summed E-state index contributed by atoms with van der Waals surface area (Å²) in [6, 6.07) is 15.3. The Morgan fingerprint density at radius 1 is 1.00 bits per heavy atom. The molecule has 2 unspecified atom stereocenters. The summed E-state index contributed by atoms with van der Waals surface area (Å²) < 4.78 is 25.2. The second kappa shape index (κ2) is 7.79. The normalized spacial score (nSPS) is 14.2. The Kier molecular flexibility index (Phi) is 5.99. The zero-order valence-electron chi connectivity index (χ0n) is 14.2. The molecule has 24 heavy (non-hydrogen) atoms. The lowest BCUT2D eigenvalue weighted by atomic mass is 10.0. The molecule has 5 nitrogen and oxygen atoms in total. The van der Waals surface area contributed by atoms with Crippen LogP contribution in [0.5, 0.6) is 0 Å². The van der Waals surface area contributed by atoms with Crippen LogP contribution in [0.4, 0.5) is 5.69 Å². The van der Waals surface area contributed by atoms with Crippen molar-refractivity contribution >= 4 is 15.7 Å². The van der Waals surface area contributed by atoms with Crippen molar-refractivity contribution in [2.45, 2.75) is 32.5 Å². The molecule has 0 saturated carbocycles. The number of aliphatic hydroxyl groups is 1. The first kappa shape index (κ1) is 18.4. The number of rotatable bonds is 7. The van der Waals surface area contributed by atoms with E-state index >= 15 is 0 Å². The van der Waals surface area contributed by atoms with Crippen molar-refractivity contribution in [2.24, 2.45) is 0 Å². The van der Waals surface area contributed by atoms with Gasteiger partial charge in [0, 0.05) is 17.8 Å². The molecule has 0 fully saturated rings. The largest absolute Gasteiger partial charge is 0.392 e. The lowest BCUT2D eigenvalue weighted by Crippen LogP contribution is -2.22. The van der Waals surface area contributed by atoms with Gasteiger partial charge in [-0.3, -0.25) is 4.72 Å². The number of hydrogen-bond donors (Lipinski definition) is 3. The number of benzene rings is 2. The molecular weight excluding hydrogens is 324 g/mol. The van der Waals surface area contributed by atoms with Crippen LogP contribution in [0.2, 0.25) is 0 Å². The van der Waals surface area contributed by atoms with E-state index in [0.717, 1.165) is 22.9 Å². The number of sulfonamides is 1. The Bertz CT molecular complexity index is 790. The molecule has 0 aliphatic rings. The van der Waals surface area contributed by atoms with Crippen LogP contribution in [0.15, 0.2) is 48.5 Å². The van der Waals surface area contributed by atoms with Gasteiger partial charge in [-0.2, -0.15) is 0 Å². The Hall–Kier alpha value is -1.89. The Morgan fingerprint density at radius 2 is 1.58 bits per heavy atom. The summed E-state index contributed by atoms with van der Waals surface area (Å²) in [6.45, 7) is 4.12. The highest BCUT2D eigenvalue weighted by molar-refractivity contribution is 7.92. The van der Waals surface area contributed by atoms with Crippen LogP contribution in [0.1, 0.15) is 42.6 Å². The highest BCUT2D eigenvalue weighted by Gasteiger charge is 2.12. The van der Waals surface area contributed by atoms with Gasteiger partial charge in [0.1, 0.15) is 0 Å². The molecule has 130 valence electrons. The van der Waals surface area contributed by atoms with E-state index in [9.17, 15) is 13.5 Å². The van der Waals surface area contributed by atoms with Gasteiger partial charge in [-0.1, -0.05) is 36.4 Å². The van der Waals surface area contributed by atoms with Gasteiger partial charge >= 0.3 is 0 Å². The predicted molar refractivity (Wildman–Crippen MR) is 97.2 cm³/mol. The Balaban J connectivity index is 2.11. The first-order chi connectivity index (χ1) is 11.3. The van der Waals surface area contributed by atoms with E-state index in [1.165, 1.54) is 0 Å². The number of anilines is 1. The summed E-state index contributed by atoms with van der Waals surface area (Å²) in [4.78, 5) is 0. The van der Waals surface area contributed by atoms with E-state index in [4.69, 9.17) is 0 Å². The minimum Gasteiger partial charge on any atom is -0.392 e. The SMILES string of the molecule is CC(NC(C)c1cccc(NS(C)(=O)=O)c1)c1cccc(CO)c1. The zero-order chi connectivity index (χ0) is 17.7. The minimum absolute atomic E-state index is 0.0231. The van der Waals surface area contributed by atoms with E-state index in [2.05, 4.69) is 17.0 Å². The minimum atomic E-state index is -3.29. The van der Waals surface area contributed by atoms with Crippen LogP contribution >= 0.6 is 0 Å². The molecule has 0 amide bonds. The van der Waals surface area contributed by atoms with Crippen LogP contribution in [0.25, 0.3) is 0 Å². The molecule has 0 saturated heterocycles. The molecule has 2 rings (SSSR count). The maximum Gasteiger partial charge on any atom is 0.229 e. The fraction of sp³-hybridized carbons (Fsp3) is 0.333. The lowest BCUT2D eigenvalue weighted by molar-refractivity contribution is 0.281. The topological polar surface area (TPSA) is 78.4 Å². The Labute approximate surface area is 143 Å². The van der Waals surface area contributed by atoms with Gasteiger partial charge < -0.3 is 10.4 Å². The van der Waals surface area contributed by atoms with Crippen molar-refractivity contribution < 1.29 is 13.5 Å². The van der Waals surface area contributed by atoms with E-state index in [1.54, 1.807) is 6.07 Å². The van der Waals surface area contributed by atoms with Crippen molar-refractivity contribution in [2.75, 3.05) is 11.0 Å². The van der Waals surface area contributed by atoms with E-state index in [1.807, 2.05) is 49.4 Å². The first-order valence-electron chi connectivity index (χ1n) is 7.82. The van der Waals surface area contributed by atoms with Crippen LogP contribution in [-0.2, 0) is 16.6 Å². The highest BCUT2D eigenvalue weighted by atomic mass is 32.2. The standard InChI is InChI=1S/C18H24N2O3S/c1-13(16-7-4-6-15(10-16)12-21)19-14(2)17-8-5-9-18(11-17)20-24(3,22)23/h4-11,13-14,19-21H,12H2,1-3H3. The number of nitrogens with one attached hydrogen (secondary N) is 2. The van der Waals surface area contributed by atoms with Gasteiger partial charge in [0.25, 0.3) is 0 Å². The summed E-state index contributed by atoms with van der Waals surface area (Å²) in [5.74, 6) is 0. The molecule has 0 bridgehead atoms. The average molecular weight is 348 g/mol. The molecule has 0 aliphatic heterocycles. The quantitative estimate of drug-likeness (QED) is 0.719. The molecule has 0 spiro atoms. The van der Waals surface area contributed by atoms with Crippen LogP contribution in [0.3, 0.4) is 0 Å². The zero-order valence-corrected chi connectivity index (χ0v) is 15.0. The van der Waals surface area contributed by atoms with E-state index in [-0.39, 0.29) is 18.7 Å². The number of hydrogen-bond acceptors (Lipinski definition) is 4. The first-order valence-corrected chi connectivity index (χ1v) is 9.71. The van der Waals surface area contributed by atoms with Gasteiger partial charge in [-0.25, -0.2) is 8.42 Å². The Morgan fingerprint density at radius 3 is 2.17 bits per heavy atom. The molecule has 2 aromatic rings. The molecule has 0 radical (unpaired) electrons. The lowest BCUT2D eigenvalue weighted by Gasteiger charge is -2.21. The molecule has 6 heteroatoms. The molecule has 3 N–H and O–H groups in total. The second-order valence-corrected chi connectivity index (χ2v) is 7.76. The van der Waals surface area contributed by atoms with Gasteiger partial charge in [-0.15, -0.1) is 0 Å². The summed E-state index contributed by atoms with van der Waals surface area (Å²) in [5.41, 5.74) is 3.53. The van der Waals surface area contributed by atoms with E-state index < -0.39 is 10.0 Å². The highest BCUT2D eigenvalue weighted by Crippen LogP contribution is 2.22. The fourth-order valence-electron chi connectivity index (χ4n) is 2.61. The van der Waals surface area contributed by atoms with E-state index in [0.29, 0.717) is 5.69 Å². The monoisotopic (exact) mass is 348 g/mol. The maximum atomic E-state index is 11.4. The molecular formula is C18H24N2O3S. The van der Waals surface area contributed by atoms with Crippen molar-refractivity contribution in [1.82, 2.24) is 5.32 Å².